The van der Waals surface area contributed by atoms with Gasteiger partial charge in [0.15, 0.2) is 11.6 Å². The summed E-state index contributed by atoms with van der Waals surface area (Å²) >= 11 is 2.72. The van der Waals surface area contributed by atoms with E-state index in [0.717, 1.165) is 6.20 Å². The summed E-state index contributed by atoms with van der Waals surface area (Å²) in [6.07, 6.45) is -4.14. The number of halogens is 5. The molecular weight excluding hydrogens is 284 g/mol. The fraction of sp³-hybridized carbons (Fsp3) is 0.286. The van der Waals surface area contributed by atoms with E-state index >= 15 is 0 Å². The molecule has 0 aliphatic rings. The van der Waals surface area contributed by atoms with E-state index in [0.29, 0.717) is 0 Å². The fourth-order valence-electron chi connectivity index (χ4n) is 0.885. The van der Waals surface area contributed by atoms with Crippen molar-refractivity contribution in [1.29, 1.82) is 0 Å². The van der Waals surface area contributed by atoms with Crippen LogP contribution in [0, 0.1) is 5.82 Å². The molecule has 0 aromatic carbocycles. The van der Waals surface area contributed by atoms with Crippen LogP contribution in [0.5, 0.6) is 5.75 Å². The van der Waals surface area contributed by atoms with Crippen molar-refractivity contribution in [2.24, 2.45) is 5.73 Å². The monoisotopic (exact) mass is 288 g/mol. The van der Waals surface area contributed by atoms with E-state index in [9.17, 15) is 17.6 Å². The first kappa shape index (κ1) is 12.2. The van der Waals surface area contributed by atoms with Gasteiger partial charge in [-0.25, -0.2) is 9.37 Å². The minimum Gasteiger partial charge on any atom is -0.404 e. The second kappa shape index (κ2) is 4.31. The van der Waals surface area contributed by atoms with Crippen LogP contribution in [0.2, 0.25) is 0 Å². The van der Waals surface area contributed by atoms with Crippen LogP contribution >= 0.6 is 15.9 Å². The van der Waals surface area contributed by atoms with Gasteiger partial charge in [-0.05, 0) is 15.9 Å². The second-order valence-corrected chi connectivity index (χ2v) is 3.21. The van der Waals surface area contributed by atoms with Crippen molar-refractivity contribution in [2.75, 3.05) is 0 Å². The number of nitrogens with zero attached hydrogens (tertiary/aromatic N) is 1. The number of pyridine rings is 1. The minimum atomic E-state index is -4.90. The molecule has 3 nitrogen and oxygen atoms in total. The van der Waals surface area contributed by atoms with Gasteiger partial charge in [-0.3, -0.25) is 0 Å². The van der Waals surface area contributed by atoms with Crippen LogP contribution in [-0.4, -0.2) is 11.3 Å². The topological polar surface area (TPSA) is 48.1 Å². The van der Waals surface area contributed by atoms with E-state index in [1.54, 1.807) is 0 Å². The van der Waals surface area contributed by atoms with Crippen LogP contribution in [0.1, 0.15) is 5.56 Å². The number of nitrogens with two attached hydrogens (primary N) is 1. The van der Waals surface area contributed by atoms with Crippen LogP contribution in [0.25, 0.3) is 0 Å². The lowest BCUT2D eigenvalue weighted by molar-refractivity contribution is -0.275. The number of hydrogen-bond donors (Lipinski definition) is 1. The smallest absolute Gasteiger partial charge is 0.404 e. The standard InChI is InChI=1S/C7H5BrF4N2O/c8-6-5(9)3(1-13)4(2-14-6)15-7(10,11)12/h2H,1,13H2. The Morgan fingerprint density at radius 1 is 1.47 bits per heavy atom. The molecule has 2 N–H and O–H groups in total. The molecule has 0 radical (unpaired) electrons. The molecule has 1 heterocycles. The average Bonchev–Trinajstić information content (AvgIpc) is 2.10. The fourth-order valence-corrected chi connectivity index (χ4v) is 1.23. The Kier molecular flexibility index (Phi) is 3.50. The highest BCUT2D eigenvalue weighted by Gasteiger charge is 2.33. The van der Waals surface area contributed by atoms with Crippen LogP contribution in [0.3, 0.4) is 0 Å². The second-order valence-electron chi connectivity index (χ2n) is 2.46. The Bertz CT molecular complexity index is 369. The van der Waals surface area contributed by atoms with Gasteiger partial charge in [0, 0.05) is 12.1 Å². The first-order chi connectivity index (χ1) is 6.85. The molecule has 8 heteroatoms. The summed E-state index contributed by atoms with van der Waals surface area (Å²) in [6, 6.07) is 0. The Labute approximate surface area is 90.4 Å². The van der Waals surface area contributed by atoms with Crippen LogP contribution in [0.15, 0.2) is 10.8 Å². The lowest BCUT2D eigenvalue weighted by atomic mass is 10.2. The molecule has 0 saturated carbocycles. The third-order valence-electron chi connectivity index (χ3n) is 1.47. The van der Waals surface area contributed by atoms with Gasteiger partial charge in [-0.15, -0.1) is 13.2 Å². The Balaban J connectivity index is 3.14. The van der Waals surface area contributed by atoms with E-state index in [4.69, 9.17) is 5.73 Å². The highest BCUT2D eigenvalue weighted by atomic mass is 79.9. The zero-order chi connectivity index (χ0) is 11.6. The first-order valence-electron chi connectivity index (χ1n) is 3.64. The maximum Gasteiger partial charge on any atom is 0.573 e. The van der Waals surface area contributed by atoms with Gasteiger partial charge in [0.1, 0.15) is 4.60 Å². The highest BCUT2D eigenvalue weighted by molar-refractivity contribution is 9.10. The summed E-state index contributed by atoms with van der Waals surface area (Å²) in [4.78, 5) is 3.33. The maximum absolute atomic E-state index is 13.2. The lowest BCUT2D eigenvalue weighted by Crippen LogP contribution is -2.19. The SMILES string of the molecule is NCc1c(OC(F)(F)F)cnc(Br)c1F. The molecule has 84 valence electrons. The molecule has 15 heavy (non-hydrogen) atoms. The number of rotatable bonds is 2. The maximum atomic E-state index is 13.2. The van der Waals surface area contributed by atoms with Gasteiger partial charge in [-0.1, -0.05) is 0 Å². The molecule has 1 rings (SSSR count). The molecule has 0 aliphatic carbocycles. The number of hydrogen-bond acceptors (Lipinski definition) is 3. The summed E-state index contributed by atoms with van der Waals surface area (Å²) < 4.78 is 52.1. The largest absolute Gasteiger partial charge is 0.573 e. The third kappa shape index (κ3) is 3.03. The predicted octanol–water partition coefficient (Wildman–Crippen LogP) is 2.34. The van der Waals surface area contributed by atoms with Crippen molar-refractivity contribution in [3.63, 3.8) is 0 Å². The molecule has 1 aromatic rings. The van der Waals surface area contributed by atoms with Crippen molar-refractivity contribution < 1.29 is 22.3 Å². The van der Waals surface area contributed by atoms with Crippen molar-refractivity contribution in [2.45, 2.75) is 12.9 Å². The van der Waals surface area contributed by atoms with Crippen LogP contribution < -0.4 is 10.5 Å². The zero-order valence-corrected chi connectivity index (χ0v) is 8.69. The van der Waals surface area contributed by atoms with Crippen molar-refractivity contribution >= 4 is 15.9 Å². The average molecular weight is 289 g/mol. The molecule has 0 saturated heterocycles. The Hall–Kier alpha value is -0.890. The van der Waals surface area contributed by atoms with E-state index < -0.39 is 24.5 Å². The zero-order valence-electron chi connectivity index (χ0n) is 7.11. The molecule has 0 aliphatic heterocycles. The van der Waals surface area contributed by atoms with Gasteiger partial charge >= 0.3 is 6.36 Å². The summed E-state index contributed by atoms with van der Waals surface area (Å²) in [5.74, 6) is -1.69. The molecule has 1 aromatic heterocycles. The number of ether oxygens (including phenoxy) is 1. The quantitative estimate of drug-likeness (QED) is 0.671. The van der Waals surface area contributed by atoms with Gasteiger partial charge in [0.2, 0.25) is 0 Å². The van der Waals surface area contributed by atoms with Crippen molar-refractivity contribution in [1.82, 2.24) is 4.98 Å². The minimum absolute atomic E-state index is 0.211. The van der Waals surface area contributed by atoms with Crippen LogP contribution in [0.4, 0.5) is 17.6 Å². The van der Waals surface area contributed by atoms with Gasteiger partial charge in [-0.2, -0.15) is 0 Å². The lowest BCUT2D eigenvalue weighted by Gasteiger charge is -2.12. The molecule has 0 spiro atoms. The van der Waals surface area contributed by atoms with E-state index in [2.05, 4.69) is 25.7 Å². The summed E-state index contributed by atoms with van der Waals surface area (Å²) in [5.41, 5.74) is 4.72. The highest BCUT2D eigenvalue weighted by Crippen LogP contribution is 2.29. The predicted molar refractivity (Wildman–Crippen MR) is 46.5 cm³/mol. The summed E-state index contributed by atoms with van der Waals surface area (Å²) in [7, 11) is 0. The molecular formula is C7H5BrF4N2O. The Morgan fingerprint density at radius 2 is 2.07 bits per heavy atom. The van der Waals surface area contributed by atoms with Gasteiger partial charge in [0.25, 0.3) is 0 Å². The van der Waals surface area contributed by atoms with Gasteiger partial charge in [0.05, 0.1) is 6.20 Å². The first-order valence-corrected chi connectivity index (χ1v) is 4.43. The number of aromatic nitrogens is 1. The molecule has 0 amide bonds. The van der Waals surface area contributed by atoms with E-state index in [-0.39, 0.29) is 10.2 Å². The third-order valence-corrected chi connectivity index (χ3v) is 2.02. The normalized spacial score (nSPS) is 11.6. The van der Waals surface area contributed by atoms with Crippen molar-refractivity contribution in [3.05, 3.63) is 22.2 Å². The molecule has 0 atom stereocenters. The van der Waals surface area contributed by atoms with Gasteiger partial charge < -0.3 is 10.5 Å². The molecule has 0 bridgehead atoms. The Morgan fingerprint density at radius 3 is 2.53 bits per heavy atom. The summed E-state index contributed by atoms with van der Waals surface area (Å²) in [6.45, 7) is -0.418. The molecule has 0 unspecified atom stereocenters. The number of alkyl halides is 3. The van der Waals surface area contributed by atoms with Crippen LogP contribution in [-0.2, 0) is 6.54 Å². The van der Waals surface area contributed by atoms with E-state index in [1.807, 2.05) is 0 Å². The summed E-state index contributed by atoms with van der Waals surface area (Å²) in [5, 5.41) is 0. The van der Waals surface area contributed by atoms with E-state index in [1.165, 1.54) is 0 Å². The van der Waals surface area contributed by atoms with Crippen molar-refractivity contribution in [3.8, 4) is 5.75 Å². The molecule has 0 fully saturated rings.